The zero-order valence-electron chi connectivity index (χ0n) is 13.4. The number of nitrogens with one attached hydrogen (secondary N) is 1. The van der Waals surface area contributed by atoms with Gasteiger partial charge >= 0.3 is 0 Å². The molecule has 0 aliphatic rings. The molecule has 0 amide bonds. The van der Waals surface area contributed by atoms with Crippen LogP contribution in [-0.4, -0.2) is 13.2 Å². The van der Waals surface area contributed by atoms with Gasteiger partial charge in [-0.2, -0.15) is 0 Å². The van der Waals surface area contributed by atoms with Gasteiger partial charge in [0, 0.05) is 18.1 Å². The summed E-state index contributed by atoms with van der Waals surface area (Å²) in [6, 6.07) is 11.9. The third-order valence-electron chi connectivity index (χ3n) is 3.26. The SMILES string of the molecule is CCOc1cc(CNCc2ccccc2Cl)cc(Br)c1OCC. The summed E-state index contributed by atoms with van der Waals surface area (Å²) in [6.45, 7) is 6.56. The average Bonchev–Trinajstić information content (AvgIpc) is 2.53. The first-order valence-corrected chi connectivity index (χ1v) is 8.85. The van der Waals surface area contributed by atoms with E-state index in [9.17, 15) is 0 Å². The minimum absolute atomic E-state index is 0.600. The van der Waals surface area contributed by atoms with Crippen LogP contribution in [0, 0.1) is 0 Å². The Balaban J connectivity index is 2.06. The van der Waals surface area contributed by atoms with Crippen LogP contribution in [-0.2, 0) is 13.1 Å². The van der Waals surface area contributed by atoms with Gasteiger partial charge in [0.2, 0.25) is 0 Å². The van der Waals surface area contributed by atoms with Crippen LogP contribution >= 0.6 is 27.5 Å². The van der Waals surface area contributed by atoms with Crippen LogP contribution in [0.25, 0.3) is 0 Å². The van der Waals surface area contributed by atoms with Crippen LogP contribution in [0.3, 0.4) is 0 Å². The van der Waals surface area contributed by atoms with Gasteiger partial charge < -0.3 is 14.8 Å². The molecule has 23 heavy (non-hydrogen) atoms. The maximum absolute atomic E-state index is 6.17. The Morgan fingerprint density at radius 2 is 1.78 bits per heavy atom. The normalized spacial score (nSPS) is 10.6. The van der Waals surface area contributed by atoms with Crippen molar-refractivity contribution in [1.29, 1.82) is 0 Å². The Kier molecular flexibility index (Phi) is 7.21. The summed E-state index contributed by atoms with van der Waals surface area (Å²) < 4.78 is 12.2. The fourth-order valence-electron chi connectivity index (χ4n) is 2.25. The van der Waals surface area contributed by atoms with Gasteiger partial charge in [0.05, 0.1) is 17.7 Å². The lowest BCUT2D eigenvalue weighted by molar-refractivity contribution is 0.286. The molecule has 0 radical (unpaired) electrons. The van der Waals surface area contributed by atoms with Crippen molar-refractivity contribution in [3.63, 3.8) is 0 Å². The van der Waals surface area contributed by atoms with E-state index in [-0.39, 0.29) is 0 Å². The van der Waals surface area contributed by atoms with Gasteiger partial charge in [-0.3, -0.25) is 0 Å². The summed E-state index contributed by atoms with van der Waals surface area (Å²) in [6.07, 6.45) is 0. The minimum Gasteiger partial charge on any atom is -0.490 e. The van der Waals surface area contributed by atoms with Gasteiger partial charge in [0.25, 0.3) is 0 Å². The molecule has 0 fully saturated rings. The first kappa shape index (κ1) is 18.1. The summed E-state index contributed by atoms with van der Waals surface area (Å²) in [4.78, 5) is 0. The van der Waals surface area contributed by atoms with Crippen molar-refractivity contribution < 1.29 is 9.47 Å². The molecule has 2 aromatic rings. The molecule has 2 aromatic carbocycles. The van der Waals surface area contributed by atoms with E-state index < -0.39 is 0 Å². The maximum Gasteiger partial charge on any atom is 0.175 e. The monoisotopic (exact) mass is 397 g/mol. The number of hydrogen-bond donors (Lipinski definition) is 1. The predicted octanol–water partition coefficient (Wildman–Crippen LogP) is 5.19. The van der Waals surface area contributed by atoms with Crippen molar-refractivity contribution in [2.75, 3.05) is 13.2 Å². The lowest BCUT2D eigenvalue weighted by atomic mass is 10.2. The second kappa shape index (κ2) is 9.16. The number of hydrogen-bond acceptors (Lipinski definition) is 3. The maximum atomic E-state index is 6.17. The Morgan fingerprint density at radius 3 is 2.48 bits per heavy atom. The Labute approximate surface area is 151 Å². The molecule has 0 aromatic heterocycles. The molecule has 0 aliphatic heterocycles. The van der Waals surface area contributed by atoms with E-state index in [4.69, 9.17) is 21.1 Å². The van der Waals surface area contributed by atoms with Crippen LogP contribution in [0.15, 0.2) is 40.9 Å². The fourth-order valence-corrected chi connectivity index (χ4v) is 3.06. The fraction of sp³-hybridized carbons (Fsp3) is 0.333. The highest BCUT2D eigenvalue weighted by atomic mass is 79.9. The highest BCUT2D eigenvalue weighted by Crippen LogP contribution is 2.37. The van der Waals surface area contributed by atoms with Crippen molar-refractivity contribution in [3.05, 3.63) is 57.0 Å². The molecule has 1 N–H and O–H groups in total. The number of ether oxygens (including phenoxy) is 2. The van der Waals surface area contributed by atoms with Gasteiger partial charge in [0.15, 0.2) is 11.5 Å². The minimum atomic E-state index is 0.600. The molecule has 0 unspecified atom stereocenters. The van der Waals surface area contributed by atoms with Crippen LogP contribution in [0.4, 0.5) is 0 Å². The molecule has 0 heterocycles. The summed E-state index contributed by atoms with van der Waals surface area (Å²) in [5.74, 6) is 1.52. The largest absolute Gasteiger partial charge is 0.490 e. The molecule has 0 saturated heterocycles. The third kappa shape index (κ3) is 5.13. The van der Waals surface area contributed by atoms with E-state index in [1.165, 1.54) is 0 Å². The molecular formula is C18H21BrClNO2. The van der Waals surface area contributed by atoms with Crippen LogP contribution in [0.1, 0.15) is 25.0 Å². The number of benzene rings is 2. The Morgan fingerprint density at radius 1 is 1.04 bits per heavy atom. The lowest BCUT2D eigenvalue weighted by Crippen LogP contribution is -2.13. The topological polar surface area (TPSA) is 30.5 Å². The number of rotatable bonds is 8. The molecule has 0 spiro atoms. The molecule has 0 atom stereocenters. The zero-order valence-corrected chi connectivity index (χ0v) is 15.7. The van der Waals surface area contributed by atoms with E-state index in [1.807, 2.05) is 50.2 Å². The molecule has 5 heteroatoms. The van der Waals surface area contributed by atoms with Gasteiger partial charge in [-0.1, -0.05) is 29.8 Å². The second-order valence-corrected chi connectivity index (χ2v) is 6.23. The molecule has 124 valence electrons. The predicted molar refractivity (Wildman–Crippen MR) is 98.5 cm³/mol. The molecule has 3 nitrogen and oxygen atoms in total. The van der Waals surface area contributed by atoms with Crippen molar-refractivity contribution >= 4 is 27.5 Å². The van der Waals surface area contributed by atoms with Crippen LogP contribution in [0.2, 0.25) is 5.02 Å². The van der Waals surface area contributed by atoms with E-state index in [0.717, 1.165) is 38.7 Å². The number of halogens is 2. The van der Waals surface area contributed by atoms with Crippen LogP contribution < -0.4 is 14.8 Å². The summed E-state index contributed by atoms with van der Waals surface area (Å²) >= 11 is 9.73. The Hall–Kier alpha value is -1.23. The van der Waals surface area contributed by atoms with Crippen molar-refractivity contribution in [2.45, 2.75) is 26.9 Å². The van der Waals surface area contributed by atoms with Gasteiger partial charge in [-0.25, -0.2) is 0 Å². The molecule has 0 aliphatic carbocycles. The Bertz CT molecular complexity index is 649. The smallest absolute Gasteiger partial charge is 0.175 e. The average molecular weight is 399 g/mol. The summed E-state index contributed by atoms with van der Waals surface area (Å²) in [7, 11) is 0. The van der Waals surface area contributed by atoms with E-state index in [0.29, 0.717) is 19.8 Å². The van der Waals surface area contributed by atoms with Gasteiger partial charge in [-0.15, -0.1) is 0 Å². The van der Waals surface area contributed by atoms with Gasteiger partial charge in [-0.05, 0) is 59.1 Å². The molecule has 2 rings (SSSR count). The first-order chi connectivity index (χ1) is 11.2. The van der Waals surface area contributed by atoms with Crippen molar-refractivity contribution in [3.8, 4) is 11.5 Å². The third-order valence-corrected chi connectivity index (χ3v) is 4.22. The zero-order chi connectivity index (χ0) is 16.7. The standard InChI is InChI=1S/C18H21BrClNO2/c1-3-22-17-10-13(9-15(19)18(17)23-4-2)11-21-12-14-7-5-6-8-16(14)20/h5-10,21H,3-4,11-12H2,1-2H3. The highest BCUT2D eigenvalue weighted by molar-refractivity contribution is 9.10. The van der Waals surface area contributed by atoms with E-state index in [1.54, 1.807) is 0 Å². The molecule has 0 saturated carbocycles. The first-order valence-electron chi connectivity index (χ1n) is 7.67. The highest BCUT2D eigenvalue weighted by Gasteiger charge is 2.11. The van der Waals surface area contributed by atoms with E-state index in [2.05, 4.69) is 21.2 Å². The van der Waals surface area contributed by atoms with Crippen molar-refractivity contribution in [2.24, 2.45) is 0 Å². The van der Waals surface area contributed by atoms with Gasteiger partial charge in [0.1, 0.15) is 0 Å². The van der Waals surface area contributed by atoms with Crippen molar-refractivity contribution in [1.82, 2.24) is 5.32 Å². The quantitative estimate of drug-likeness (QED) is 0.664. The summed E-state index contributed by atoms with van der Waals surface area (Å²) in [5.41, 5.74) is 2.21. The summed E-state index contributed by atoms with van der Waals surface area (Å²) in [5, 5.41) is 4.19. The lowest BCUT2D eigenvalue weighted by Gasteiger charge is -2.15. The molecule has 0 bridgehead atoms. The second-order valence-electron chi connectivity index (χ2n) is 4.97. The van der Waals surface area contributed by atoms with E-state index >= 15 is 0 Å². The van der Waals surface area contributed by atoms with Crippen LogP contribution in [0.5, 0.6) is 11.5 Å². The molecular weight excluding hydrogens is 378 g/mol.